The van der Waals surface area contributed by atoms with Crippen LogP contribution in [0.25, 0.3) is 0 Å². The summed E-state index contributed by atoms with van der Waals surface area (Å²) in [4.78, 5) is 0. The summed E-state index contributed by atoms with van der Waals surface area (Å²) >= 11 is 0. The van der Waals surface area contributed by atoms with Crippen molar-refractivity contribution in [1.82, 2.24) is 0 Å². The number of hydrogen-bond donors (Lipinski definition) is 1. The molecule has 2 nitrogen and oxygen atoms in total. The van der Waals surface area contributed by atoms with Gasteiger partial charge in [-0.1, -0.05) is 13.3 Å². The molecule has 0 spiro atoms. The summed E-state index contributed by atoms with van der Waals surface area (Å²) in [5.74, 6) is 0. The molecule has 68 valence electrons. The Morgan fingerprint density at radius 3 is 2.55 bits per heavy atom. The van der Waals surface area contributed by atoms with Gasteiger partial charge in [-0.3, -0.25) is 0 Å². The summed E-state index contributed by atoms with van der Waals surface area (Å²) in [5.41, 5.74) is 0. The SMILES string of the molecule is CCCC(O)CCCCOC. The Balaban J connectivity index is 2.97. The quantitative estimate of drug-likeness (QED) is 0.577. The van der Waals surface area contributed by atoms with Gasteiger partial charge in [-0.05, 0) is 25.7 Å². The average molecular weight is 160 g/mol. The molecule has 1 atom stereocenters. The highest BCUT2D eigenvalue weighted by Crippen LogP contribution is 2.05. The summed E-state index contributed by atoms with van der Waals surface area (Å²) in [5, 5.41) is 9.31. The lowest BCUT2D eigenvalue weighted by Crippen LogP contribution is -2.05. The maximum absolute atomic E-state index is 9.31. The van der Waals surface area contributed by atoms with Crippen molar-refractivity contribution >= 4 is 0 Å². The van der Waals surface area contributed by atoms with Crippen LogP contribution in [-0.2, 0) is 4.74 Å². The molecule has 11 heavy (non-hydrogen) atoms. The second kappa shape index (κ2) is 8.02. The first-order valence-corrected chi connectivity index (χ1v) is 4.48. The van der Waals surface area contributed by atoms with Crippen LogP contribution in [-0.4, -0.2) is 24.9 Å². The molecule has 2 heteroatoms. The van der Waals surface area contributed by atoms with Gasteiger partial charge in [0.15, 0.2) is 0 Å². The molecule has 0 saturated carbocycles. The fourth-order valence-electron chi connectivity index (χ4n) is 1.10. The monoisotopic (exact) mass is 160 g/mol. The van der Waals surface area contributed by atoms with E-state index in [1.165, 1.54) is 0 Å². The molecule has 0 rings (SSSR count). The molecule has 0 bridgehead atoms. The predicted octanol–water partition coefficient (Wildman–Crippen LogP) is 1.96. The van der Waals surface area contributed by atoms with Crippen molar-refractivity contribution in [2.45, 2.75) is 45.1 Å². The first-order chi connectivity index (χ1) is 5.31. The average Bonchev–Trinajstić information content (AvgIpc) is 1.99. The first kappa shape index (κ1) is 10.9. The number of aliphatic hydroxyl groups excluding tert-OH is 1. The Bertz CT molecular complexity index is 74.0. The van der Waals surface area contributed by atoms with Crippen LogP contribution in [0.2, 0.25) is 0 Å². The topological polar surface area (TPSA) is 29.5 Å². The molecule has 0 aromatic rings. The van der Waals surface area contributed by atoms with Crippen LogP contribution in [0.5, 0.6) is 0 Å². The van der Waals surface area contributed by atoms with Gasteiger partial charge in [0.25, 0.3) is 0 Å². The zero-order valence-corrected chi connectivity index (χ0v) is 7.68. The fraction of sp³-hybridized carbons (Fsp3) is 1.00. The van der Waals surface area contributed by atoms with Gasteiger partial charge < -0.3 is 9.84 Å². The van der Waals surface area contributed by atoms with E-state index in [0.29, 0.717) is 0 Å². The number of aliphatic hydroxyl groups is 1. The maximum atomic E-state index is 9.31. The van der Waals surface area contributed by atoms with Crippen molar-refractivity contribution in [2.75, 3.05) is 13.7 Å². The molecular formula is C9H20O2. The van der Waals surface area contributed by atoms with Crippen molar-refractivity contribution in [3.8, 4) is 0 Å². The molecule has 0 aromatic heterocycles. The summed E-state index contributed by atoms with van der Waals surface area (Å²) < 4.78 is 4.90. The number of unbranched alkanes of at least 4 members (excludes halogenated alkanes) is 1. The van der Waals surface area contributed by atoms with Crippen molar-refractivity contribution in [2.24, 2.45) is 0 Å². The van der Waals surface area contributed by atoms with Crippen molar-refractivity contribution < 1.29 is 9.84 Å². The fourth-order valence-corrected chi connectivity index (χ4v) is 1.10. The van der Waals surface area contributed by atoms with Crippen molar-refractivity contribution in [3.63, 3.8) is 0 Å². The van der Waals surface area contributed by atoms with Gasteiger partial charge in [-0.15, -0.1) is 0 Å². The summed E-state index contributed by atoms with van der Waals surface area (Å²) in [6.07, 6.45) is 5.00. The van der Waals surface area contributed by atoms with E-state index in [1.54, 1.807) is 7.11 Å². The molecule has 0 aliphatic rings. The smallest absolute Gasteiger partial charge is 0.0540 e. The predicted molar refractivity (Wildman–Crippen MR) is 46.6 cm³/mol. The van der Waals surface area contributed by atoms with Crippen LogP contribution < -0.4 is 0 Å². The van der Waals surface area contributed by atoms with Crippen LogP contribution >= 0.6 is 0 Å². The van der Waals surface area contributed by atoms with Crippen LogP contribution in [0.4, 0.5) is 0 Å². The van der Waals surface area contributed by atoms with Crippen LogP contribution in [0, 0.1) is 0 Å². The van der Waals surface area contributed by atoms with E-state index in [0.717, 1.165) is 38.7 Å². The summed E-state index contributed by atoms with van der Waals surface area (Å²) in [6.45, 7) is 2.91. The second-order valence-electron chi connectivity index (χ2n) is 2.93. The van der Waals surface area contributed by atoms with E-state index in [1.807, 2.05) is 0 Å². The normalized spacial score (nSPS) is 13.4. The molecule has 0 saturated heterocycles. The van der Waals surface area contributed by atoms with Gasteiger partial charge in [0.2, 0.25) is 0 Å². The van der Waals surface area contributed by atoms with Crippen LogP contribution in [0.15, 0.2) is 0 Å². The molecule has 0 aliphatic carbocycles. The summed E-state index contributed by atoms with van der Waals surface area (Å²) in [7, 11) is 1.71. The van der Waals surface area contributed by atoms with E-state index in [2.05, 4.69) is 6.92 Å². The molecule has 0 aromatic carbocycles. The molecule has 0 fully saturated rings. The Morgan fingerprint density at radius 1 is 1.27 bits per heavy atom. The zero-order valence-electron chi connectivity index (χ0n) is 7.68. The lowest BCUT2D eigenvalue weighted by atomic mass is 10.1. The third-order valence-electron chi connectivity index (χ3n) is 1.76. The molecule has 0 aliphatic heterocycles. The second-order valence-corrected chi connectivity index (χ2v) is 2.93. The first-order valence-electron chi connectivity index (χ1n) is 4.48. The third kappa shape index (κ3) is 7.82. The number of hydrogen-bond acceptors (Lipinski definition) is 2. The third-order valence-corrected chi connectivity index (χ3v) is 1.76. The standard InChI is InChI=1S/C9H20O2/c1-3-6-9(10)7-4-5-8-11-2/h9-10H,3-8H2,1-2H3. The highest BCUT2D eigenvalue weighted by molar-refractivity contribution is 4.54. The van der Waals surface area contributed by atoms with E-state index in [4.69, 9.17) is 4.74 Å². The van der Waals surface area contributed by atoms with E-state index in [9.17, 15) is 5.11 Å². The molecule has 0 radical (unpaired) electrons. The van der Waals surface area contributed by atoms with Crippen molar-refractivity contribution in [1.29, 1.82) is 0 Å². The maximum Gasteiger partial charge on any atom is 0.0540 e. The number of ether oxygens (including phenoxy) is 1. The van der Waals surface area contributed by atoms with Gasteiger partial charge in [-0.25, -0.2) is 0 Å². The Morgan fingerprint density at radius 2 is 2.00 bits per heavy atom. The Labute approximate surface area is 69.6 Å². The van der Waals surface area contributed by atoms with Gasteiger partial charge in [-0.2, -0.15) is 0 Å². The molecule has 1 unspecified atom stereocenters. The van der Waals surface area contributed by atoms with Gasteiger partial charge in [0.05, 0.1) is 6.10 Å². The largest absolute Gasteiger partial charge is 0.393 e. The Kier molecular flexibility index (Phi) is 7.96. The van der Waals surface area contributed by atoms with Crippen LogP contribution in [0.3, 0.4) is 0 Å². The minimum atomic E-state index is -0.0862. The lowest BCUT2D eigenvalue weighted by Gasteiger charge is -2.07. The molecular weight excluding hydrogens is 140 g/mol. The number of methoxy groups -OCH3 is 1. The van der Waals surface area contributed by atoms with Crippen LogP contribution in [0.1, 0.15) is 39.0 Å². The van der Waals surface area contributed by atoms with Gasteiger partial charge >= 0.3 is 0 Å². The molecule has 0 heterocycles. The highest BCUT2D eigenvalue weighted by atomic mass is 16.5. The van der Waals surface area contributed by atoms with Gasteiger partial charge in [0, 0.05) is 13.7 Å². The van der Waals surface area contributed by atoms with E-state index in [-0.39, 0.29) is 6.10 Å². The minimum Gasteiger partial charge on any atom is -0.393 e. The molecule has 1 N–H and O–H groups in total. The number of rotatable bonds is 7. The van der Waals surface area contributed by atoms with Crippen molar-refractivity contribution in [3.05, 3.63) is 0 Å². The Hall–Kier alpha value is -0.0800. The van der Waals surface area contributed by atoms with E-state index >= 15 is 0 Å². The zero-order chi connectivity index (χ0) is 8.53. The minimum absolute atomic E-state index is 0.0862. The lowest BCUT2D eigenvalue weighted by molar-refractivity contribution is 0.141. The van der Waals surface area contributed by atoms with E-state index < -0.39 is 0 Å². The highest BCUT2D eigenvalue weighted by Gasteiger charge is 2.00. The van der Waals surface area contributed by atoms with Gasteiger partial charge in [0.1, 0.15) is 0 Å². The molecule has 0 amide bonds. The summed E-state index contributed by atoms with van der Waals surface area (Å²) in [6, 6.07) is 0.